The van der Waals surface area contributed by atoms with Crippen LogP contribution in [0.2, 0.25) is 0 Å². The van der Waals surface area contributed by atoms with E-state index in [-0.39, 0.29) is 28.5 Å². The molecular weight excluding hydrogens is 364 g/mol. The molecule has 0 heterocycles. The third kappa shape index (κ3) is 4.67. The highest BCUT2D eigenvalue weighted by Gasteiger charge is 2.36. The number of amides is 1. The van der Waals surface area contributed by atoms with Gasteiger partial charge >= 0.3 is 0 Å². The van der Waals surface area contributed by atoms with Crippen molar-refractivity contribution in [2.24, 2.45) is 5.92 Å². The summed E-state index contributed by atoms with van der Waals surface area (Å²) >= 11 is 0. The molecule has 0 radical (unpaired) electrons. The van der Waals surface area contributed by atoms with Gasteiger partial charge in [-0.05, 0) is 49.4 Å². The Morgan fingerprint density at radius 1 is 1.15 bits per heavy atom. The van der Waals surface area contributed by atoms with Crippen molar-refractivity contribution in [3.05, 3.63) is 53.6 Å². The van der Waals surface area contributed by atoms with E-state index < -0.39 is 10.0 Å². The van der Waals surface area contributed by atoms with Crippen LogP contribution < -0.4 is 14.8 Å². The summed E-state index contributed by atoms with van der Waals surface area (Å²) in [5.41, 5.74) is 2.48. The van der Waals surface area contributed by atoms with Gasteiger partial charge in [0.15, 0.2) is 0 Å². The van der Waals surface area contributed by atoms with Gasteiger partial charge in [0.1, 0.15) is 10.6 Å². The molecule has 6 nitrogen and oxygen atoms in total. The molecule has 7 heteroatoms. The van der Waals surface area contributed by atoms with Crippen molar-refractivity contribution >= 4 is 21.6 Å². The Hall–Kier alpha value is -2.38. The average molecular weight is 388 g/mol. The normalized spacial score (nSPS) is 15.2. The number of ether oxygens (including phenoxy) is 1. The standard InChI is InChI=1S/C20H24N2O4S/c1-13-4-6-15(7-5-13)20(16-8-9-16)22-27(24,25)19-12-17(21-14(2)23)10-11-18(19)26-3/h4-7,10-12,16,20,22H,8-9H2,1-3H3,(H,21,23). The number of carbonyl (C=O) groups is 1. The van der Waals surface area contributed by atoms with E-state index in [0.717, 1.165) is 24.0 Å². The van der Waals surface area contributed by atoms with E-state index in [2.05, 4.69) is 10.0 Å². The lowest BCUT2D eigenvalue weighted by Crippen LogP contribution is -2.30. The zero-order chi connectivity index (χ0) is 19.6. The number of anilines is 1. The molecule has 0 saturated heterocycles. The third-order valence-corrected chi connectivity index (χ3v) is 6.05. The summed E-state index contributed by atoms with van der Waals surface area (Å²) in [5.74, 6) is 0.244. The number of rotatable bonds is 7. The number of benzene rings is 2. The summed E-state index contributed by atoms with van der Waals surface area (Å²) in [6.45, 7) is 3.37. The second-order valence-electron chi connectivity index (χ2n) is 6.89. The second kappa shape index (κ2) is 7.70. The van der Waals surface area contributed by atoms with Crippen LogP contribution in [-0.2, 0) is 14.8 Å². The average Bonchev–Trinajstić information content (AvgIpc) is 3.45. The molecule has 1 unspecified atom stereocenters. The van der Waals surface area contributed by atoms with Crippen molar-refractivity contribution < 1.29 is 17.9 Å². The molecule has 1 aliphatic rings. The Bertz CT molecular complexity index is 935. The lowest BCUT2D eigenvalue weighted by atomic mass is 10.0. The zero-order valence-corrected chi connectivity index (χ0v) is 16.5. The summed E-state index contributed by atoms with van der Waals surface area (Å²) in [7, 11) is -2.43. The van der Waals surface area contributed by atoms with Crippen LogP contribution in [0.25, 0.3) is 0 Å². The van der Waals surface area contributed by atoms with Gasteiger partial charge in [0.25, 0.3) is 0 Å². The quantitative estimate of drug-likeness (QED) is 0.761. The van der Waals surface area contributed by atoms with Gasteiger partial charge in [-0.15, -0.1) is 0 Å². The maximum Gasteiger partial charge on any atom is 0.244 e. The molecule has 2 aromatic rings. The summed E-state index contributed by atoms with van der Waals surface area (Å²) in [4.78, 5) is 11.3. The number of carbonyl (C=O) groups excluding carboxylic acids is 1. The fourth-order valence-corrected chi connectivity index (χ4v) is 4.53. The molecule has 1 aliphatic carbocycles. The van der Waals surface area contributed by atoms with Crippen LogP contribution in [0.1, 0.15) is 36.9 Å². The minimum atomic E-state index is -3.85. The predicted octanol–water partition coefficient (Wildman–Crippen LogP) is 3.39. The molecule has 27 heavy (non-hydrogen) atoms. The van der Waals surface area contributed by atoms with Crippen molar-refractivity contribution in [1.29, 1.82) is 0 Å². The first-order chi connectivity index (χ1) is 12.8. The first kappa shape index (κ1) is 19.4. The van der Waals surface area contributed by atoms with Gasteiger partial charge in [-0.2, -0.15) is 0 Å². The molecule has 1 atom stereocenters. The highest BCUT2D eigenvalue weighted by Crippen LogP contribution is 2.42. The number of hydrogen-bond acceptors (Lipinski definition) is 4. The molecule has 0 aliphatic heterocycles. The van der Waals surface area contributed by atoms with E-state index in [1.807, 2.05) is 31.2 Å². The lowest BCUT2D eigenvalue weighted by molar-refractivity contribution is -0.114. The Balaban J connectivity index is 1.94. The summed E-state index contributed by atoms with van der Waals surface area (Å²) < 4.78 is 34.3. The van der Waals surface area contributed by atoms with Gasteiger partial charge in [-0.3, -0.25) is 4.79 Å². The van der Waals surface area contributed by atoms with Crippen molar-refractivity contribution in [3.8, 4) is 5.75 Å². The van der Waals surface area contributed by atoms with Gasteiger partial charge < -0.3 is 10.1 Å². The van der Waals surface area contributed by atoms with E-state index in [4.69, 9.17) is 4.74 Å². The molecule has 0 aromatic heterocycles. The highest BCUT2D eigenvalue weighted by atomic mass is 32.2. The first-order valence-electron chi connectivity index (χ1n) is 8.84. The topological polar surface area (TPSA) is 84.5 Å². The molecule has 1 saturated carbocycles. The molecule has 1 amide bonds. The van der Waals surface area contributed by atoms with Gasteiger partial charge in [-0.1, -0.05) is 29.8 Å². The number of sulfonamides is 1. The largest absolute Gasteiger partial charge is 0.495 e. The summed E-state index contributed by atoms with van der Waals surface area (Å²) in [5, 5.41) is 2.61. The molecule has 2 N–H and O–H groups in total. The van der Waals surface area contributed by atoms with Crippen LogP contribution in [0.4, 0.5) is 5.69 Å². The molecule has 3 rings (SSSR count). The summed E-state index contributed by atoms with van der Waals surface area (Å²) in [6, 6.07) is 12.2. The van der Waals surface area contributed by atoms with Crippen LogP contribution in [0.3, 0.4) is 0 Å². The van der Waals surface area contributed by atoms with Crippen LogP contribution in [0.5, 0.6) is 5.75 Å². The van der Waals surface area contributed by atoms with Crippen molar-refractivity contribution in [2.45, 2.75) is 37.6 Å². The fourth-order valence-electron chi connectivity index (χ4n) is 3.04. The number of nitrogens with one attached hydrogen (secondary N) is 2. The molecule has 144 valence electrons. The molecular formula is C20H24N2O4S. The molecule has 1 fully saturated rings. The van der Waals surface area contributed by atoms with Gasteiger partial charge in [0.2, 0.25) is 15.9 Å². The number of aryl methyl sites for hydroxylation is 1. The van der Waals surface area contributed by atoms with E-state index in [0.29, 0.717) is 5.69 Å². The fraction of sp³-hybridized carbons (Fsp3) is 0.350. The smallest absolute Gasteiger partial charge is 0.244 e. The van der Waals surface area contributed by atoms with Crippen LogP contribution >= 0.6 is 0 Å². The van der Waals surface area contributed by atoms with E-state index in [1.54, 1.807) is 6.07 Å². The minimum absolute atomic E-state index is 0.00834. The Morgan fingerprint density at radius 3 is 2.37 bits per heavy atom. The van der Waals surface area contributed by atoms with Crippen LogP contribution in [0, 0.1) is 12.8 Å². The van der Waals surface area contributed by atoms with Gasteiger partial charge in [-0.25, -0.2) is 13.1 Å². The Kier molecular flexibility index (Phi) is 5.53. The monoisotopic (exact) mass is 388 g/mol. The Morgan fingerprint density at radius 2 is 1.81 bits per heavy atom. The minimum Gasteiger partial charge on any atom is -0.495 e. The highest BCUT2D eigenvalue weighted by molar-refractivity contribution is 7.89. The maximum absolute atomic E-state index is 13.1. The molecule has 2 aromatic carbocycles. The second-order valence-corrected chi connectivity index (χ2v) is 8.58. The van der Waals surface area contributed by atoms with Crippen molar-refractivity contribution in [3.63, 3.8) is 0 Å². The number of methoxy groups -OCH3 is 1. The van der Waals surface area contributed by atoms with Gasteiger partial charge in [0.05, 0.1) is 7.11 Å². The SMILES string of the molecule is COc1ccc(NC(C)=O)cc1S(=O)(=O)NC(c1ccc(C)cc1)C1CC1. The van der Waals surface area contributed by atoms with Crippen LogP contribution in [-0.4, -0.2) is 21.4 Å². The van der Waals surface area contributed by atoms with E-state index in [1.165, 1.54) is 26.2 Å². The molecule has 0 bridgehead atoms. The zero-order valence-electron chi connectivity index (χ0n) is 15.7. The lowest BCUT2D eigenvalue weighted by Gasteiger charge is -2.20. The first-order valence-corrected chi connectivity index (χ1v) is 10.3. The predicted molar refractivity (Wildman–Crippen MR) is 104 cm³/mol. The number of hydrogen-bond donors (Lipinski definition) is 2. The van der Waals surface area contributed by atoms with E-state index in [9.17, 15) is 13.2 Å². The van der Waals surface area contributed by atoms with Gasteiger partial charge in [0, 0.05) is 18.7 Å². The van der Waals surface area contributed by atoms with Crippen molar-refractivity contribution in [2.75, 3.05) is 12.4 Å². The van der Waals surface area contributed by atoms with E-state index >= 15 is 0 Å². The summed E-state index contributed by atoms with van der Waals surface area (Å²) in [6.07, 6.45) is 1.98. The maximum atomic E-state index is 13.1. The third-order valence-electron chi connectivity index (χ3n) is 4.59. The molecule has 0 spiro atoms. The van der Waals surface area contributed by atoms with Crippen LogP contribution in [0.15, 0.2) is 47.4 Å². The Labute approximate surface area is 160 Å². The van der Waals surface area contributed by atoms with Crippen molar-refractivity contribution in [1.82, 2.24) is 4.72 Å².